The van der Waals surface area contributed by atoms with E-state index >= 15 is 0 Å². The van der Waals surface area contributed by atoms with Gasteiger partial charge in [0.2, 0.25) is 0 Å². The Balaban J connectivity index is 2.81. The number of aliphatic carboxylic acids is 1. The van der Waals surface area contributed by atoms with Crippen molar-refractivity contribution in [3.8, 4) is 0 Å². The van der Waals surface area contributed by atoms with Crippen molar-refractivity contribution in [2.75, 3.05) is 20.3 Å². The van der Waals surface area contributed by atoms with E-state index in [9.17, 15) is 9.18 Å². The fourth-order valence-electron chi connectivity index (χ4n) is 1.56. The van der Waals surface area contributed by atoms with Gasteiger partial charge in [-0.2, -0.15) is 0 Å². The summed E-state index contributed by atoms with van der Waals surface area (Å²) in [7, 11) is 1.56. The Morgan fingerprint density at radius 2 is 2.33 bits per heavy atom. The van der Waals surface area contributed by atoms with E-state index in [0.29, 0.717) is 19.6 Å². The highest BCUT2D eigenvalue weighted by Gasteiger charge is 2.24. The molecule has 0 aliphatic heterocycles. The summed E-state index contributed by atoms with van der Waals surface area (Å²) < 4.78 is 18.5. The molecule has 4 nitrogen and oxygen atoms in total. The SMILES string of the molecule is COCCCNC(C(=O)O)c1c(F)cccc1Cl. The Morgan fingerprint density at radius 1 is 1.61 bits per heavy atom. The highest BCUT2D eigenvalue weighted by Crippen LogP contribution is 2.26. The maximum absolute atomic E-state index is 13.6. The third-order valence-corrected chi connectivity index (χ3v) is 2.74. The summed E-state index contributed by atoms with van der Waals surface area (Å²) in [6.07, 6.45) is 0.631. The van der Waals surface area contributed by atoms with Gasteiger partial charge >= 0.3 is 5.97 Å². The first-order valence-electron chi connectivity index (χ1n) is 5.47. The lowest BCUT2D eigenvalue weighted by molar-refractivity contribution is -0.139. The minimum Gasteiger partial charge on any atom is -0.480 e. The summed E-state index contributed by atoms with van der Waals surface area (Å²) in [5.74, 6) is -1.80. The van der Waals surface area contributed by atoms with Crippen LogP contribution in [0.2, 0.25) is 5.02 Å². The fourth-order valence-corrected chi connectivity index (χ4v) is 1.83. The normalized spacial score (nSPS) is 12.4. The number of rotatable bonds is 7. The number of ether oxygens (including phenoxy) is 1. The lowest BCUT2D eigenvalue weighted by Crippen LogP contribution is -2.30. The summed E-state index contributed by atoms with van der Waals surface area (Å²) in [6.45, 7) is 0.903. The summed E-state index contributed by atoms with van der Waals surface area (Å²) in [5.41, 5.74) is -0.0379. The van der Waals surface area contributed by atoms with Crippen LogP contribution >= 0.6 is 11.6 Å². The number of hydrogen-bond donors (Lipinski definition) is 2. The van der Waals surface area contributed by atoms with Gasteiger partial charge < -0.3 is 15.2 Å². The minimum absolute atomic E-state index is 0.0379. The monoisotopic (exact) mass is 275 g/mol. The van der Waals surface area contributed by atoms with Crippen LogP contribution in [0.5, 0.6) is 0 Å². The van der Waals surface area contributed by atoms with Crippen LogP contribution in [0, 0.1) is 5.82 Å². The van der Waals surface area contributed by atoms with Crippen LogP contribution in [0.25, 0.3) is 0 Å². The third-order valence-electron chi connectivity index (χ3n) is 2.41. The van der Waals surface area contributed by atoms with Crippen LogP contribution in [0.15, 0.2) is 18.2 Å². The number of nitrogens with one attached hydrogen (secondary N) is 1. The zero-order valence-corrected chi connectivity index (χ0v) is 10.7. The molecule has 0 radical (unpaired) electrons. The average molecular weight is 276 g/mol. The molecule has 0 heterocycles. The van der Waals surface area contributed by atoms with Crippen molar-refractivity contribution >= 4 is 17.6 Å². The molecule has 0 aromatic heterocycles. The molecule has 2 N–H and O–H groups in total. The van der Waals surface area contributed by atoms with E-state index in [1.54, 1.807) is 7.11 Å². The Morgan fingerprint density at radius 3 is 2.89 bits per heavy atom. The van der Waals surface area contributed by atoms with Gasteiger partial charge in [0.15, 0.2) is 0 Å². The van der Waals surface area contributed by atoms with Crippen molar-refractivity contribution in [3.63, 3.8) is 0 Å². The quantitative estimate of drug-likeness (QED) is 0.749. The topological polar surface area (TPSA) is 58.6 Å². The van der Waals surface area contributed by atoms with E-state index in [4.69, 9.17) is 21.4 Å². The van der Waals surface area contributed by atoms with Gasteiger partial charge in [0.1, 0.15) is 11.9 Å². The number of hydrogen-bond acceptors (Lipinski definition) is 3. The highest BCUT2D eigenvalue weighted by atomic mass is 35.5. The molecule has 0 bridgehead atoms. The van der Waals surface area contributed by atoms with Gasteiger partial charge in [-0.05, 0) is 25.1 Å². The highest BCUT2D eigenvalue weighted by molar-refractivity contribution is 6.31. The van der Waals surface area contributed by atoms with E-state index in [0.717, 1.165) is 0 Å². The van der Waals surface area contributed by atoms with Crippen molar-refractivity contribution in [1.29, 1.82) is 0 Å². The predicted molar refractivity (Wildman–Crippen MR) is 66.3 cm³/mol. The molecule has 1 aromatic carbocycles. The van der Waals surface area contributed by atoms with Gasteiger partial charge in [-0.1, -0.05) is 17.7 Å². The van der Waals surface area contributed by atoms with E-state index < -0.39 is 17.8 Å². The molecule has 0 saturated heterocycles. The van der Waals surface area contributed by atoms with Crippen molar-refractivity contribution in [1.82, 2.24) is 5.32 Å². The molecular weight excluding hydrogens is 261 g/mol. The summed E-state index contributed by atoms with van der Waals surface area (Å²) >= 11 is 5.84. The molecule has 0 aliphatic rings. The first kappa shape index (κ1) is 14.9. The minimum atomic E-state index is -1.17. The molecule has 1 atom stereocenters. The zero-order valence-electron chi connectivity index (χ0n) is 9.95. The zero-order chi connectivity index (χ0) is 13.5. The molecule has 6 heteroatoms. The lowest BCUT2D eigenvalue weighted by atomic mass is 10.1. The van der Waals surface area contributed by atoms with Crippen molar-refractivity contribution in [3.05, 3.63) is 34.6 Å². The number of benzene rings is 1. The fraction of sp³-hybridized carbons (Fsp3) is 0.417. The van der Waals surface area contributed by atoms with Crippen LogP contribution in [-0.2, 0) is 9.53 Å². The van der Waals surface area contributed by atoms with Crippen LogP contribution in [-0.4, -0.2) is 31.3 Å². The maximum Gasteiger partial charge on any atom is 0.325 e. The molecule has 0 saturated carbocycles. The summed E-state index contributed by atoms with van der Waals surface area (Å²) in [5, 5.41) is 12.0. The van der Waals surface area contributed by atoms with Gasteiger partial charge in [0, 0.05) is 24.3 Å². The number of halogens is 2. The van der Waals surface area contributed by atoms with E-state index in [2.05, 4.69) is 5.32 Å². The number of methoxy groups -OCH3 is 1. The molecule has 0 spiro atoms. The molecule has 1 aromatic rings. The van der Waals surface area contributed by atoms with Gasteiger partial charge in [-0.25, -0.2) is 4.39 Å². The van der Waals surface area contributed by atoms with Crippen LogP contribution in [0.1, 0.15) is 18.0 Å². The van der Waals surface area contributed by atoms with Crippen LogP contribution in [0.4, 0.5) is 4.39 Å². The van der Waals surface area contributed by atoms with E-state index in [1.165, 1.54) is 18.2 Å². The van der Waals surface area contributed by atoms with E-state index in [1.807, 2.05) is 0 Å². The van der Waals surface area contributed by atoms with Crippen LogP contribution in [0.3, 0.4) is 0 Å². The Labute approximate surface area is 110 Å². The van der Waals surface area contributed by atoms with E-state index in [-0.39, 0.29) is 10.6 Å². The summed E-state index contributed by atoms with van der Waals surface area (Å²) in [4.78, 5) is 11.1. The number of carboxylic acid groups (broad SMARTS) is 1. The second kappa shape index (κ2) is 7.31. The maximum atomic E-state index is 13.6. The summed E-state index contributed by atoms with van der Waals surface area (Å²) in [6, 6.07) is 2.93. The van der Waals surface area contributed by atoms with Crippen molar-refractivity contribution in [2.24, 2.45) is 0 Å². The van der Waals surface area contributed by atoms with Gasteiger partial charge in [-0.15, -0.1) is 0 Å². The smallest absolute Gasteiger partial charge is 0.325 e. The molecule has 1 rings (SSSR count). The Kier molecular flexibility index (Phi) is 6.04. The second-order valence-electron chi connectivity index (χ2n) is 3.71. The molecule has 1 unspecified atom stereocenters. The van der Waals surface area contributed by atoms with Gasteiger partial charge in [-0.3, -0.25) is 4.79 Å². The Hall–Kier alpha value is -1.17. The second-order valence-corrected chi connectivity index (χ2v) is 4.11. The standard InChI is InChI=1S/C12H15ClFNO3/c1-18-7-3-6-15-11(12(16)17)10-8(13)4-2-5-9(10)14/h2,4-5,11,15H,3,6-7H2,1H3,(H,16,17). The largest absolute Gasteiger partial charge is 0.480 e. The van der Waals surface area contributed by atoms with Gasteiger partial charge in [0.25, 0.3) is 0 Å². The lowest BCUT2D eigenvalue weighted by Gasteiger charge is -2.16. The molecule has 18 heavy (non-hydrogen) atoms. The van der Waals surface area contributed by atoms with Crippen molar-refractivity contribution in [2.45, 2.75) is 12.5 Å². The van der Waals surface area contributed by atoms with Gasteiger partial charge in [0.05, 0.1) is 0 Å². The number of carbonyl (C=O) groups is 1. The van der Waals surface area contributed by atoms with Crippen molar-refractivity contribution < 1.29 is 19.0 Å². The predicted octanol–water partition coefficient (Wildman–Crippen LogP) is 2.23. The third kappa shape index (κ3) is 3.94. The first-order valence-corrected chi connectivity index (χ1v) is 5.84. The molecular formula is C12H15ClFNO3. The molecule has 0 fully saturated rings. The average Bonchev–Trinajstić information content (AvgIpc) is 2.31. The molecule has 0 aliphatic carbocycles. The molecule has 100 valence electrons. The number of carboxylic acids is 1. The molecule has 0 amide bonds. The van der Waals surface area contributed by atoms with Crippen LogP contribution < -0.4 is 5.32 Å². The Bertz CT molecular complexity index is 394. The first-order chi connectivity index (χ1) is 8.57.